The molecule has 158 valence electrons. The first-order chi connectivity index (χ1) is 13.9. The number of quaternary nitrogens is 1. The summed E-state index contributed by atoms with van der Waals surface area (Å²) in [4.78, 5) is 0. The van der Waals surface area contributed by atoms with Crippen molar-refractivity contribution in [2.24, 2.45) is 0 Å². The minimum absolute atomic E-state index is 0.377. The summed E-state index contributed by atoms with van der Waals surface area (Å²) in [6.45, 7) is 7.44. The fourth-order valence-corrected chi connectivity index (χ4v) is 3.92. The van der Waals surface area contributed by atoms with Gasteiger partial charge in [-0.2, -0.15) is 0 Å². The van der Waals surface area contributed by atoms with Crippen LogP contribution in [0.25, 0.3) is 0 Å². The minimum Gasteiger partial charge on any atom is -0.326 e. The molecular weight excluding hydrogens is 314 g/mol. The summed E-state index contributed by atoms with van der Waals surface area (Å²) in [5.41, 5.74) is 0. The zero-order chi connectivity index (χ0) is 21.8. The van der Waals surface area contributed by atoms with Gasteiger partial charge in [0.1, 0.15) is 0 Å². The van der Waals surface area contributed by atoms with E-state index in [9.17, 15) is 0 Å². The van der Waals surface area contributed by atoms with Gasteiger partial charge in [0.25, 0.3) is 0 Å². The Morgan fingerprint density at radius 2 is 0.692 bits per heavy atom. The fraction of sp³-hybridized carbons (Fsp3) is 1.00. The first kappa shape index (κ1) is 20.7. The molecule has 0 spiro atoms. The summed E-state index contributed by atoms with van der Waals surface area (Å²) in [6, 6.07) is 0. The molecule has 0 amide bonds. The molecule has 0 radical (unpaired) electrons. The molecule has 0 rings (SSSR count). The van der Waals surface area contributed by atoms with Crippen molar-refractivity contribution in [3.8, 4) is 0 Å². The van der Waals surface area contributed by atoms with E-state index in [4.69, 9.17) is 4.11 Å². The lowest BCUT2D eigenvalue weighted by Crippen LogP contribution is -2.46. The summed E-state index contributed by atoms with van der Waals surface area (Å²) < 4.78 is 25.5. The van der Waals surface area contributed by atoms with Gasteiger partial charge in [0.15, 0.2) is 0 Å². The molecule has 0 aliphatic heterocycles. The third-order valence-electron chi connectivity index (χ3n) is 5.82. The van der Waals surface area contributed by atoms with Gasteiger partial charge in [0, 0.05) is 0 Å². The van der Waals surface area contributed by atoms with Crippen LogP contribution in [0.5, 0.6) is 0 Å². The fourth-order valence-electron chi connectivity index (χ4n) is 3.92. The van der Waals surface area contributed by atoms with E-state index >= 15 is 0 Å². The number of unbranched alkanes of at least 4 members (excludes halogenated alkanes) is 15. The quantitative estimate of drug-likeness (QED) is 0.140. The summed E-state index contributed by atoms with van der Waals surface area (Å²) in [6.07, 6.45) is 22.3. The summed E-state index contributed by atoms with van der Waals surface area (Å²) in [5.74, 6) is 0. The zero-order valence-electron chi connectivity index (χ0n) is 21.8. The maximum Gasteiger partial charge on any atom is 0.0887 e. The summed E-state index contributed by atoms with van der Waals surface area (Å²) >= 11 is 0. The molecule has 1 nitrogen and oxygen atoms in total. The van der Waals surface area contributed by atoms with Gasteiger partial charge >= 0.3 is 0 Å². The maximum absolute atomic E-state index is 8.38. The molecule has 0 saturated heterocycles. The van der Waals surface area contributed by atoms with Crippen molar-refractivity contribution < 1.29 is 8.60 Å². The molecule has 0 N–H and O–H groups in total. The van der Waals surface area contributed by atoms with Crippen LogP contribution in [0.4, 0.5) is 0 Å². The normalized spacial score (nSPS) is 14.2. The Bertz CT molecular complexity index is 301. The van der Waals surface area contributed by atoms with Crippen LogP contribution in [0, 0.1) is 0 Å². The highest BCUT2D eigenvalue weighted by Gasteiger charge is 2.20. The predicted molar refractivity (Wildman–Crippen MR) is 121 cm³/mol. The van der Waals surface area contributed by atoms with Gasteiger partial charge < -0.3 is 4.48 Å². The highest BCUT2D eigenvalue weighted by atomic mass is 15.3. The molecule has 0 saturated carbocycles. The van der Waals surface area contributed by atoms with E-state index in [1.165, 1.54) is 96.3 Å². The Kier molecular flexibility index (Phi) is 15.7. The first-order valence-electron chi connectivity index (χ1n) is 13.8. The molecule has 0 aliphatic rings. The van der Waals surface area contributed by atoms with Gasteiger partial charge in [0.2, 0.25) is 0 Å². The lowest BCUT2D eigenvalue weighted by atomic mass is 10.1. The van der Waals surface area contributed by atoms with Gasteiger partial charge in [0.05, 0.1) is 30.7 Å². The van der Waals surface area contributed by atoms with Crippen molar-refractivity contribution in [1.29, 1.82) is 0 Å². The van der Waals surface area contributed by atoms with Gasteiger partial charge in [-0.1, -0.05) is 97.8 Å². The molecule has 0 fully saturated rings. The van der Waals surface area contributed by atoms with E-state index in [1.54, 1.807) is 0 Å². The first-order valence-corrected chi connectivity index (χ1v) is 12.3. The van der Waals surface area contributed by atoms with Crippen molar-refractivity contribution in [2.75, 3.05) is 26.6 Å². The lowest BCUT2D eigenvalue weighted by molar-refractivity contribution is -0.910. The van der Waals surface area contributed by atoms with Crippen LogP contribution in [0.1, 0.15) is 140 Å². The molecule has 1 heteroatoms. The largest absolute Gasteiger partial charge is 0.326 e. The van der Waals surface area contributed by atoms with Gasteiger partial charge in [-0.15, -0.1) is 0 Å². The van der Waals surface area contributed by atoms with E-state index in [2.05, 4.69) is 20.8 Å². The monoisotopic (exact) mass is 371 g/mol. The smallest absolute Gasteiger partial charge is 0.0887 e. The topological polar surface area (TPSA) is 0 Å². The van der Waals surface area contributed by atoms with Crippen LogP contribution in [0.2, 0.25) is 0 Å². The molecule has 0 heterocycles. The SMILES string of the molecule is [2H]C([2H])([2H])[N+](CCCCCCCC)(CCCCCCCC)CCCCCCCC. The number of nitrogens with zero attached hydrogens (tertiary/aromatic N) is 1. The van der Waals surface area contributed by atoms with Crippen LogP contribution in [-0.4, -0.2) is 31.1 Å². The van der Waals surface area contributed by atoms with Crippen LogP contribution < -0.4 is 0 Å². The second kappa shape index (κ2) is 19.7. The molecule has 0 atom stereocenters. The Labute approximate surface area is 172 Å². The van der Waals surface area contributed by atoms with Gasteiger partial charge in [-0.3, -0.25) is 0 Å². The number of rotatable bonds is 21. The molecule has 0 aliphatic carbocycles. The van der Waals surface area contributed by atoms with Crippen LogP contribution >= 0.6 is 0 Å². The standard InChI is InChI=1S/C25H54N/c1-5-8-11-14-17-20-23-26(4,24-21-18-15-12-9-6-2)25-22-19-16-13-10-7-3/h5-25H2,1-4H3/q+1/i4D3. The number of hydrogen-bond donors (Lipinski definition) is 0. The Morgan fingerprint density at radius 3 is 0.962 bits per heavy atom. The third kappa shape index (κ3) is 17.4. The van der Waals surface area contributed by atoms with E-state index < -0.39 is 6.98 Å². The molecular formula is C25H54N+. The molecule has 0 bridgehead atoms. The van der Waals surface area contributed by atoms with Crippen molar-refractivity contribution >= 4 is 0 Å². The molecule has 26 heavy (non-hydrogen) atoms. The van der Waals surface area contributed by atoms with E-state index in [1.807, 2.05) is 0 Å². The maximum atomic E-state index is 8.38. The minimum atomic E-state index is -1.86. The second-order valence-electron chi connectivity index (χ2n) is 8.62. The van der Waals surface area contributed by atoms with Crippen LogP contribution in [0.15, 0.2) is 0 Å². The average Bonchev–Trinajstić information content (AvgIpc) is 2.68. The van der Waals surface area contributed by atoms with Crippen molar-refractivity contribution in [3.63, 3.8) is 0 Å². The molecule has 0 aromatic carbocycles. The molecule has 0 unspecified atom stereocenters. The Morgan fingerprint density at radius 1 is 0.423 bits per heavy atom. The third-order valence-corrected chi connectivity index (χ3v) is 5.82. The zero-order valence-corrected chi connectivity index (χ0v) is 18.8. The molecule has 0 aromatic heterocycles. The average molecular weight is 372 g/mol. The predicted octanol–water partition coefficient (Wildman–Crippen LogP) is 8.51. The van der Waals surface area contributed by atoms with Gasteiger partial charge in [-0.05, 0) is 38.5 Å². The van der Waals surface area contributed by atoms with Crippen LogP contribution in [-0.2, 0) is 0 Å². The van der Waals surface area contributed by atoms with Crippen LogP contribution in [0.3, 0.4) is 0 Å². The summed E-state index contributed by atoms with van der Waals surface area (Å²) in [5, 5.41) is 0. The van der Waals surface area contributed by atoms with Crippen molar-refractivity contribution in [3.05, 3.63) is 0 Å². The van der Waals surface area contributed by atoms with E-state index in [0.29, 0.717) is 4.48 Å². The Balaban J connectivity index is 4.67. The van der Waals surface area contributed by atoms with Crippen molar-refractivity contribution in [1.82, 2.24) is 0 Å². The highest BCUT2D eigenvalue weighted by molar-refractivity contribution is 4.51. The lowest BCUT2D eigenvalue weighted by Gasteiger charge is -2.35. The number of hydrogen-bond acceptors (Lipinski definition) is 0. The molecule has 0 aromatic rings. The van der Waals surface area contributed by atoms with E-state index in [0.717, 1.165) is 38.9 Å². The highest BCUT2D eigenvalue weighted by Crippen LogP contribution is 2.16. The van der Waals surface area contributed by atoms with Gasteiger partial charge in [-0.25, -0.2) is 0 Å². The van der Waals surface area contributed by atoms with Crippen molar-refractivity contribution in [2.45, 2.75) is 136 Å². The second-order valence-corrected chi connectivity index (χ2v) is 8.62. The van der Waals surface area contributed by atoms with E-state index in [-0.39, 0.29) is 0 Å². The summed E-state index contributed by atoms with van der Waals surface area (Å²) in [7, 11) is 0. The Hall–Kier alpha value is -0.0400.